The van der Waals surface area contributed by atoms with E-state index in [1.807, 2.05) is 73.8 Å². The third-order valence-corrected chi connectivity index (χ3v) is 4.65. The van der Waals surface area contributed by atoms with Gasteiger partial charge in [-0.3, -0.25) is 4.79 Å². The first-order valence-electron chi connectivity index (χ1n) is 7.76. The zero-order valence-corrected chi connectivity index (χ0v) is 14.5. The van der Waals surface area contributed by atoms with Crippen molar-refractivity contribution in [2.24, 2.45) is 0 Å². The van der Waals surface area contributed by atoms with Crippen molar-refractivity contribution in [2.45, 2.75) is 20.5 Å². The van der Waals surface area contributed by atoms with Crippen LogP contribution >= 0.6 is 11.3 Å². The van der Waals surface area contributed by atoms with Gasteiger partial charge in [-0.1, -0.05) is 30.3 Å². The number of amides is 1. The van der Waals surface area contributed by atoms with Crippen molar-refractivity contribution in [3.63, 3.8) is 0 Å². The summed E-state index contributed by atoms with van der Waals surface area (Å²) in [5.74, 6) is 0.741. The van der Waals surface area contributed by atoms with Crippen LogP contribution in [-0.2, 0) is 6.61 Å². The van der Waals surface area contributed by atoms with E-state index in [2.05, 4.69) is 5.32 Å². The minimum absolute atomic E-state index is 0.0836. The van der Waals surface area contributed by atoms with E-state index in [-0.39, 0.29) is 5.91 Å². The second kappa shape index (κ2) is 7.32. The van der Waals surface area contributed by atoms with Crippen molar-refractivity contribution in [1.29, 1.82) is 0 Å². The maximum atomic E-state index is 12.4. The van der Waals surface area contributed by atoms with E-state index < -0.39 is 0 Å². The van der Waals surface area contributed by atoms with Gasteiger partial charge in [0.2, 0.25) is 0 Å². The van der Waals surface area contributed by atoms with Gasteiger partial charge in [0.25, 0.3) is 5.91 Å². The number of aryl methyl sites for hydroxylation is 2. The van der Waals surface area contributed by atoms with Gasteiger partial charge in [0.1, 0.15) is 12.4 Å². The Balaban J connectivity index is 1.64. The molecule has 1 N–H and O–H groups in total. The number of ether oxygens (including phenoxy) is 1. The van der Waals surface area contributed by atoms with Gasteiger partial charge >= 0.3 is 0 Å². The van der Waals surface area contributed by atoms with Crippen LogP contribution in [-0.4, -0.2) is 5.91 Å². The predicted molar refractivity (Wildman–Crippen MR) is 99.0 cm³/mol. The smallest absolute Gasteiger partial charge is 0.265 e. The van der Waals surface area contributed by atoms with Crippen molar-refractivity contribution < 1.29 is 9.53 Å². The SMILES string of the molecule is Cc1ccc(C)c(NC(=O)c2cc(COc3ccccc3)cs2)c1. The standard InChI is InChI=1S/C20H19NO2S/c1-14-8-9-15(2)18(10-14)21-20(22)19-11-16(13-24-19)12-23-17-6-4-3-5-7-17/h3-11,13H,12H2,1-2H3,(H,21,22). The highest BCUT2D eigenvalue weighted by molar-refractivity contribution is 7.12. The molecule has 0 aliphatic rings. The van der Waals surface area contributed by atoms with E-state index in [4.69, 9.17) is 4.74 Å². The molecule has 0 spiro atoms. The molecule has 4 heteroatoms. The molecule has 0 saturated heterocycles. The number of rotatable bonds is 5. The fraction of sp³-hybridized carbons (Fsp3) is 0.150. The maximum Gasteiger partial charge on any atom is 0.265 e. The van der Waals surface area contributed by atoms with Crippen LogP contribution < -0.4 is 10.1 Å². The average Bonchev–Trinajstić information content (AvgIpc) is 3.06. The zero-order valence-electron chi connectivity index (χ0n) is 13.7. The molecule has 0 bridgehead atoms. The second-order valence-corrected chi connectivity index (χ2v) is 6.60. The molecule has 0 fully saturated rings. The molecule has 3 rings (SSSR count). The Hall–Kier alpha value is -2.59. The zero-order chi connectivity index (χ0) is 16.9. The van der Waals surface area contributed by atoms with E-state index in [1.54, 1.807) is 0 Å². The molecule has 0 aliphatic carbocycles. The fourth-order valence-corrected chi connectivity index (χ4v) is 3.10. The van der Waals surface area contributed by atoms with Gasteiger partial charge in [0, 0.05) is 11.3 Å². The lowest BCUT2D eigenvalue weighted by Gasteiger charge is -2.08. The number of carbonyl (C=O) groups excluding carboxylic acids is 1. The Morgan fingerprint density at radius 3 is 2.67 bits per heavy atom. The van der Waals surface area contributed by atoms with Crippen LogP contribution in [0.5, 0.6) is 5.75 Å². The predicted octanol–water partition coefficient (Wildman–Crippen LogP) is 5.20. The highest BCUT2D eigenvalue weighted by Gasteiger charge is 2.11. The maximum absolute atomic E-state index is 12.4. The fourth-order valence-electron chi connectivity index (χ4n) is 2.31. The molecule has 24 heavy (non-hydrogen) atoms. The molecule has 3 nitrogen and oxygen atoms in total. The number of nitrogens with one attached hydrogen (secondary N) is 1. The molecule has 122 valence electrons. The number of anilines is 1. The molecule has 2 aromatic carbocycles. The minimum atomic E-state index is -0.0836. The van der Waals surface area contributed by atoms with Crippen LogP contribution in [0.15, 0.2) is 60.0 Å². The Kier molecular flexibility index (Phi) is 4.96. The minimum Gasteiger partial charge on any atom is -0.489 e. The average molecular weight is 337 g/mol. The molecule has 0 aliphatic heterocycles. The summed E-state index contributed by atoms with van der Waals surface area (Å²) >= 11 is 1.43. The quantitative estimate of drug-likeness (QED) is 0.695. The molecule has 1 amide bonds. The Bertz CT molecular complexity index is 840. The molecule has 0 atom stereocenters. The van der Waals surface area contributed by atoms with Crippen LogP contribution in [0.2, 0.25) is 0 Å². The first-order chi connectivity index (χ1) is 11.6. The van der Waals surface area contributed by atoms with Crippen molar-refractivity contribution in [1.82, 2.24) is 0 Å². The Labute approximate surface area is 145 Å². The highest BCUT2D eigenvalue weighted by atomic mass is 32.1. The normalized spacial score (nSPS) is 10.4. The number of carbonyl (C=O) groups is 1. The van der Waals surface area contributed by atoms with E-state index in [0.717, 1.165) is 28.1 Å². The van der Waals surface area contributed by atoms with Gasteiger partial charge in [-0.05, 0) is 54.6 Å². The third kappa shape index (κ3) is 4.03. The van der Waals surface area contributed by atoms with Gasteiger partial charge in [0.05, 0.1) is 4.88 Å². The van der Waals surface area contributed by atoms with Crippen molar-refractivity contribution >= 4 is 22.9 Å². The summed E-state index contributed by atoms with van der Waals surface area (Å²) < 4.78 is 5.71. The summed E-state index contributed by atoms with van der Waals surface area (Å²) in [6, 6.07) is 17.6. The summed E-state index contributed by atoms with van der Waals surface area (Å²) in [4.78, 5) is 13.1. The number of thiophene rings is 1. The monoisotopic (exact) mass is 337 g/mol. The van der Waals surface area contributed by atoms with Gasteiger partial charge < -0.3 is 10.1 Å². The van der Waals surface area contributed by atoms with Crippen molar-refractivity contribution in [3.05, 3.63) is 81.5 Å². The molecular formula is C20H19NO2S. The lowest BCUT2D eigenvalue weighted by atomic mass is 10.1. The van der Waals surface area contributed by atoms with Gasteiger partial charge in [0.15, 0.2) is 0 Å². The topological polar surface area (TPSA) is 38.3 Å². The summed E-state index contributed by atoms with van der Waals surface area (Å²) in [6.45, 7) is 4.46. The van der Waals surface area contributed by atoms with Crippen molar-refractivity contribution in [2.75, 3.05) is 5.32 Å². The molecule has 0 unspecified atom stereocenters. The van der Waals surface area contributed by atoms with Gasteiger partial charge in [-0.15, -0.1) is 11.3 Å². The Morgan fingerprint density at radius 1 is 1.08 bits per heavy atom. The van der Waals surface area contributed by atoms with Crippen LogP contribution in [0.4, 0.5) is 5.69 Å². The van der Waals surface area contributed by atoms with Crippen LogP contribution in [0.3, 0.4) is 0 Å². The number of hydrogen-bond donors (Lipinski definition) is 1. The third-order valence-electron chi connectivity index (χ3n) is 3.67. The van der Waals surface area contributed by atoms with E-state index in [9.17, 15) is 4.79 Å². The van der Waals surface area contributed by atoms with E-state index in [0.29, 0.717) is 11.5 Å². The van der Waals surface area contributed by atoms with Crippen LogP contribution in [0.25, 0.3) is 0 Å². The van der Waals surface area contributed by atoms with Crippen LogP contribution in [0, 0.1) is 13.8 Å². The summed E-state index contributed by atoms with van der Waals surface area (Å²) in [7, 11) is 0. The lowest BCUT2D eigenvalue weighted by Crippen LogP contribution is -2.11. The van der Waals surface area contributed by atoms with Gasteiger partial charge in [-0.2, -0.15) is 0 Å². The Morgan fingerprint density at radius 2 is 1.88 bits per heavy atom. The van der Waals surface area contributed by atoms with Gasteiger partial charge in [-0.25, -0.2) is 0 Å². The molecule has 0 saturated carbocycles. The van der Waals surface area contributed by atoms with Crippen LogP contribution in [0.1, 0.15) is 26.4 Å². The molecule has 3 aromatic rings. The number of benzene rings is 2. The second-order valence-electron chi connectivity index (χ2n) is 5.69. The summed E-state index contributed by atoms with van der Waals surface area (Å²) in [5, 5.41) is 4.94. The largest absolute Gasteiger partial charge is 0.489 e. The summed E-state index contributed by atoms with van der Waals surface area (Å²) in [5.41, 5.74) is 4.03. The van der Waals surface area contributed by atoms with Crippen molar-refractivity contribution in [3.8, 4) is 5.75 Å². The highest BCUT2D eigenvalue weighted by Crippen LogP contribution is 2.21. The molecule has 1 heterocycles. The molecule has 1 aromatic heterocycles. The van der Waals surface area contributed by atoms with E-state index in [1.165, 1.54) is 11.3 Å². The number of para-hydroxylation sites is 1. The molecule has 0 radical (unpaired) electrons. The van der Waals surface area contributed by atoms with E-state index >= 15 is 0 Å². The molecular weight excluding hydrogens is 318 g/mol. The number of hydrogen-bond acceptors (Lipinski definition) is 3. The lowest BCUT2D eigenvalue weighted by molar-refractivity contribution is 0.103. The summed E-state index contributed by atoms with van der Waals surface area (Å²) in [6.07, 6.45) is 0. The first-order valence-corrected chi connectivity index (χ1v) is 8.63. The first kappa shape index (κ1) is 16.3.